The van der Waals surface area contributed by atoms with Crippen LogP contribution in [0.5, 0.6) is 17.2 Å². The van der Waals surface area contributed by atoms with Gasteiger partial charge in [0.2, 0.25) is 5.75 Å². The molecule has 0 aliphatic carbocycles. The van der Waals surface area contributed by atoms with Crippen molar-refractivity contribution >= 4 is 45.9 Å². The molecule has 0 N–H and O–H groups in total. The van der Waals surface area contributed by atoms with Gasteiger partial charge in [-0.25, -0.2) is 4.98 Å². The summed E-state index contributed by atoms with van der Waals surface area (Å²) in [6, 6.07) is 13.6. The number of halogens is 2. The second-order valence-corrected chi connectivity index (χ2v) is 8.45. The zero-order valence-electron chi connectivity index (χ0n) is 16.6. The van der Waals surface area contributed by atoms with Crippen molar-refractivity contribution in [3.63, 3.8) is 0 Å². The topological polar surface area (TPSA) is 56.2 Å². The summed E-state index contributed by atoms with van der Waals surface area (Å²) in [7, 11) is 4.77. The van der Waals surface area contributed by atoms with Crippen LogP contribution >= 0.6 is 34.5 Å². The summed E-state index contributed by atoms with van der Waals surface area (Å²) in [6.45, 7) is 0. The van der Waals surface area contributed by atoms with Crippen LogP contribution in [0.25, 0.3) is 0 Å². The van der Waals surface area contributed by atoms with Gasteiger partial charge in [-0.15, -0.1) is 11.3 Å². The van der Waals surface area contributed by atoms with E-state index < -0.39 is 0 Å². The number of methoxy groups -OCH3 is 3. The van der Waals surface area contributed by atoms with E-state index in [1.807, 2.05) is 47.5 Å². The lowest BCUT2D eigenvalue weighted by Crippen LogP contribution is -2.17. The van der Waals surface area contributed by atoms with Gasteiger partial charge in [0, 0.05) is 12.0 Å². The Bertz CT molecular complexity index is 1060. The molecule has 0 amide bonds. The van der Waals surface area contributed by atoms with Gasteiger partial charge in [-0.2, -0.15) is 5.10 Å². The van der Waals surface area contributed by atoms with Crippen LogP contribution in [0.2, 0.25) is 9.62 Å². The Morgan fingerprint density at radius 2 is 1.67 bits per heavy atom. The van der Waals surface area contributed by atoms with E-state index in [0.717, 1.165) is 21.8 Å². The monoisotopic (exact) mass is 463 g/mol. The molecule has 2 aromatic carbocycles. The Hall–Kier alpha value is -2.48. The van der Waals surface area contributed by atoms with Crippen LogP contribution in [-0.4, -0.2) is 32.0 Å². The van der Waals surface area contributed by atoms with Gasteiger partial charge >= 0.3 is 0 Å². The van der Waals surface area contributed by atoms with E-state index in [9.17, 15) is 0 Å². The van der Waals surface area contributed by atoms with E-state index in [1.165, 1.54) is 11.3 Å². The van der Waals surface area contributed by atoms with E-state index in [1.54, 1.807) is 21.3 Å². The lowest BCUT2D eigenvalue weighted by atomic mass is 10.0. The smallest absolute Gasteiger partial charge is 0.203 e. The molecule has 6 nitrogen and oxygen atoms in total. The molecule has 30 heavy (non-hydrogen) atoms. The van der Waals surface area contributed by atoms with Crippen LogP contribution in [-0.2, 0) is 0 Å². The summed E-state index contributed by atoms with van der Waals surface area (Å²) in [5, 5.41) is 7.27. The zero-order valence-corrected chi connectivity index (χ0v) is 18.9. The number of benzene rings is 2. The van der Waals surface area contributed by atoms with E-state index in [-0.39, 0.29) is 6.04 Å². The van der Waals surface area contributed by atoms with Crippen LogP contribution in [0, 0.1) is 0 Å². The minimum atomic E-state index is -0.126. The van der Waals surface area contributed by atoms with Crippen molar-refractivity contribution in [2.24, 2.45) is 5.10 Å². The molecule has 0 fully saturated rings. The highest BCUT2D eigenvalue weighted by Gasteiger charge is 2.34. The molecule has 0 bridgehead atoms. The summed E-state index contributed by atoms with van der Waals surface area (Å²) in [5.74, 6) is 1.68. The van der Waals surface area contributed by atoms with Crippen molar-refractivity contribution in [2.75, 3.05) is 26.3 Å². The third-order valence-corrected chi connectivity index (χ3v) is 6.48. The van der Waals surface area contributed by atoms with Crippen molar-refractivity contribution in [3.05, 3.63) is 62.5 Å². The van der Waals surface area contributed by atoms with Gasteiger partial charge in [-0.1, -0.05) is 41.4 Å². The lowest BCUT2D eigenvalue weighted by Gasteiger charge is -2.22. The van der Waals surface area contributed by atoms with Crippen LogP contribution in [0.1, 0.15) is 22.9 Å². The van der Waals surface area contributed by atoms with E-state index in [4.69, 9.17) is 42.5 Å². The molecule has 9 heteroatoms. The first-order valence-corrected chi connectivity index (χ1v) is 10.7. The average Bonchev–Trinajstić information content (AvgIpc) is 3.35. The molecule has 0 radical (unpaired) electrons. The van der Waals surface area contributed by atoms with Gasteiger partial charge in [-0.05, 0) is 24.3 Å². The van der Waals surface area contributed by atoms with Gasteiger partial charge in [0.1, 0.15) is 5.15 Å². The highest BCUT2D eigenvalue weighted by atomic mass is 35.5. The van der Waals surface area contributed by atoms with Gasteiger partial charge in [0.05, 0.1) is 43.6 Å². The quantitative estimate of drug-likeness (QED) is 0.460. The molecule has 0 saturated heterocycles. The SMILES string of the molecule is COc1cc(C2=NN(c3ccccc3)C(c3sc(Cl)nc3Cl)C2)cc(OC)c1OC. The number of rotatable bonds is 6. The largest absolute Gasteiger partial charge is 0.493 e. The molecule has 156 valence electrons. The Balaban J connectivity index is 1.80. The number of para-hydroxylation sites is 1. The normalized spacial score (nSPS) is 15.8. The van der Waals surface area contributed by atoms with Crippen molar-refractivity contribution in [1.29, 1.82) is 0 Å². The Morgan fingerprint density at radius 1 is 1.00 bits per heavy atom. The van der Waals surface area contributed by atoms with E-state index in [2.05, 4.69) is 4.98 Å². The maximum Gasteiger partial charge on any atom is 0.203 e. The number of anilines is 1. The Kier molecular flexibility index (Phi) is 6.04. The molecule has 1 unspecified atom stereocenters. The second-order valence-electron chi connectivity index (χ2n) is 6.48. The highest BCUT2D eigenvalue weighted by molar-refractivity contribution is 7.16. The summed E-state index contributed by atoms with van der Waals surface area (Å²) < 4.78 is 16.9. The van der Waals surface area contributed by atoms with Crippen LogP contribution in [0.3, 0.4) is 0 Å². The maximum atomic E-state index is 6.39. The van der Waals surface area contributed by atoms with Gasteiger partial charge in [0.25, 0.3) is 0 Å². The fourth-order valence-corrected chi connectivity index (χ4v) is 4.97. The maximum absolute atomic E-state index is 6.39. The first-order chi connectivity index (χ1) is 14.5. The predicted octanol–water partition coefficient (Wildman–Crippen LogP) is 5.83. The van der Waals surface area contributed by atoms with Crippen molar-refractivity contribution in [3.8, 4) is 17.2 Å². The van der Waals surface area contributed by atoms with Gasteiger partial charge in [0.15, 0.2) is 16.0 Å². The van der Waals surface area contributed by atoms with Crippen molar-refractivity contribution in [1.82, 2.24) is 4.98 Å². The number of ether oxygens (including phenoxy) is 3. The highest BCUT2D eigenvalue weighted by Crippen LogP contribution is 2.44. The number of hydrogen-bond acceptors (Lipinski definition) is 7. The first-order valence-electron chi connectivity index (χ1n) is 9.09. The Labute approximate surface area is 188 Å². The first kappa shape index (κ1) is 20.8. The molecule has 0 spiro atoms. The number of hydrazone groups is 1. The van der Waals surface area contributed by atoms with Crippen molar-refractivity contribution in [2.45, 2.75) is 12.5 Å². The third kappa shape index (κ3) is 3.80. The number of aromatic nitrogens is 1. The number of thiazole rings is 1. The summed E-state index contributed by atoms with van der Waals surface area (Å²) in [6.07, 6.45) is 0.617. The van der Waals surface area contributed by atoms with Crippen LogP contribution in [0.15, 0.2) is 47.6 Å². The molecular weight excluding hydrogens is 445 g/mol. The Morgan fingerprint density at radius 3 is 2.20 bits per heavy atom. The average molecular weight is 464 g/mol. The molecule has 1 atom stereocenters. The minimum absolute atomic E-state index is 0.126. The van der Waals surface area contributed by atoms with Gasteiger partial charge < -0.3 is 14.2 Å². The minimum Gasteiger partial charge on any atom is -0.493 e. The molecule has 0 saturated carbocycles. The van der Waals surface area contributed by atoms with Crippen molar-refractivity contribution < 1.29 is 14.2 Å². The second kappa shape index (κ2) is 8.71. The molecule has 4 rings (SSSR count). The van der Waals surface area contributed by atoms with Crippen LogP contribution < -0.4 is 19.2 Å². The number of hydrogen-bond donors (Lipinski definition) is 0. The molecule has 1 aromatic heterocycles. The van der Waals surface area contributed by atoms with Crippen LogP contribution in [0.4, 0.5) is 5.69 Å². The lowest BCUT2D eigenvalue weighted by molar-refractivity contribution is 0.324. The zero-order chi connectivity index (χ0) is 21.3. The molecular formula is C21H19Cl2N3O3S. The molecule has 1 aliphatic rings. The molecule has 2 heterocycles. The summed E-state index contributed by atoms with van der Waals surface area (Å²) in [4.78, 5) is 5.05. The predicted molar refractivity (Wildman–Crippen MR) is 121 cm³/mol. The fraction of sp³-hybridized carbons (Fsp3) is 0.238. The third-order valence-electron chi connectivity index (χ3n) is 4.82. The standard InChI is InChI=1S/C21H19Cl2N3O3S/c1-27-16-9-12(10-17(28-2)18(16)29-3)14-11-15(19-20(22)24-21(23)30-19)26(25-14)13-7-5-4-6-8-13/h4-10,15H,11H2,1-3H3. The van der Waals surface area contributed by atoms with E-state index in [0.29, 0.717) is 33.3 Å². The summed E-state index contributed by atoms with van der Waals surface area (Å²) >= 11 is 13.9. The van der Waals surface area contributed by atoms with E-state index >= 15 is 0 Å². The van der Waals surface area contributed by atoms with Gasteiger partial charge in [-0.3, -0.25) is 5.01 Å². The fourth-order valence-electron chi connectivity index (χ4n) is 3.45. The summed E-state index contributed by atoms with van der Waals surface area (Å²) in [5.41, 5.74) is 2.69. The molecule has 3 aromatic rings. The molecule has 1 aliphatic heterocycles. The number of nitrogens with zero attached hydrogens (tertiary/aromatic N) is 3.